The first-order valence-corrected chi connectivity index (χ1v) is 12.5. The zero-order valence-corrected chi connectivity index (χ0v) is 22.3. The third kappa shape index (κ3) is 8.13. The van der Waals surface area contributed by atoms with Crippen LogP contribution in [0, 0.1) is 17.3 Å². The average Bonchev–Trinajstić information content (AvgIpc) is 2.72. The maximum absolute atomic E-state index is 13.8. The molecule has 0 radical (unpaired) electrons. The van der Waals surface area contributed by atoms with E-state index >= 15 is 0 Å². The van der Waals surface area contributed by atoms with Crippen LogP contribution in [0.1, 0.15) is 81.6 Å². The fourth-order valence-corrected chi connectivity index (χ4v) is 4.62. The summed E-state index contributed by atoms with van der Waals surface area (Å²) in [6.45, 7) is 19.4. The third-order valence-corrected chi connectivity index (χ3v) is 6.76. The normalized spacial score (nSPS) is 20.0. The summed E-state index contributed by atoms with van der Waals surface area (Å²) in [4.78, 5) is 42.3. The smallest absolute Gasteiger partial charge is 0.331 e. The Kier molecular flexibility index (Phi) is 11.1. The number of hydrogen-bond acceptors (Lipinski definition) is 4. The molecule has 1 fully saturated rings. The molecule has 1 heterocycles. The van der Waals surface area contributed by atoms with Crippen LogP contribution in [0.15, 0.2) is 11.6 Å². The molecule has 0 aliphatic carbocycles. The molecule has 190 valence electrons. The van der Waals surface area contributed by atoms with Gasteiger partial charge in [0.15, 0.2) is 0 Å². The van der Waals surface area contributed by atoms with Gasteiger partial charge in [0, 0.05) is 24.7 Å². The minimum atomic E-state index is -0.981. The monoisotopic (exact) mass is 465 g/mol. The topological polar surface area (TPSA) is 90.0 Å². The van der Waals surface area contributed by atoms with Crippen LogP contribution in [0.3, 0.4) is 0 Å². The molecule has 0 aromatic heterocycles. The molecule has 3 atom stereocenters. The van der Waals surface area contributed by atoms with E-state index in [9.17, 15) is 19.5 Å². The molecule has 2 unspecified atom stereocenters. The fourth-order valence-electron chi connectivity index (χ4n) is 4.62. The number of nitrogens with zero attached hydrogens (tertiary/aromatic N) is 2. The lowest BCUT2D eigenvalue weighted by Crippen LogP contribution is -2.55. The van der Waals surface area contributed by atoms with Crippen LogP contribution in [0.2, 0.25) is 0 Å². The van der Waals surface area contributed by atoms with Gasteiger partial charge >= 0.3 is 5.97 Å². The molecule has 1 aliphatic rings. The van der Waals surface area contributed by atoms with Gasteiger partial charge in [-0.1, -0.05) is 47.1 Å². The van der Waals surface area contributed by atoms with Crippen molar-refractivity contribution in [2.45, 2.75) is 99.7 Å². The summed E-state index contributed by atoms with van der Waals surface area (Å²) >= 11 is 0. The van der Waals surface area contributed by atoms with E-state index in [4.69, 9.17) is 0 Å². The summed E-state index contributed by atoms with van der Waals surface area (Å²) in [6, 6.07) is -0.178. The molecule has 2 N–H and O–H groups in total. The average molecular weight is 466 g/mol. The van der Waals surface area contributed by atoms with E-state index in [1.807, 2.05) is 41.5 Å². The Morgan fingerprint density at radius 1 is 1.15 bits per heavy atom. The Bertz CT molecular complexity index is 709. The van der Waals surface area contributed by atoms with E-state index in [1.165, 1.54) is 0 Å². The predicted octanol–water partition coefficient (Wildman–Crippen LogP) is 3.93. The number of nitrogens with one attached hydrogen (secondary N) is 1. The Morgan fingerprint density at radius 2 is 1.76 bits per heavy atom. The summed E-state index contributed by atoms with van der Waals surface area (Å²) in [6.07, 6.45) is 4.66. The fraction of sp³-hybridized carbons (Fsp3) is 0.808. The summed E-state index contributed by atoms with van der Waals surface area (Å²) in [5.41, 5.74) is -0.138. The van der Waals surface area contributed by atoms with Crippen molar-refractivity contribution < 1.29 is 19.5 Å². The Balaban J connectivity index is 3.10. The number of carbonyl (C=O) groups excluding carboxylic acids is 2. The quantitative estimate of drug-likeness (QED) is 0.477. The largest absolute Gasteiger partial charge is 0.478 e. The first-order valence-electron chi connectivity index (χ1n) is 12.5. The summed E-state index contributed by atoms with van der Waals surface area (Å²) in [5.74, 6) is -1.40. The van der Waals surface area contributed by atoms with Gasteiger partial charge in [-0.05, 0) is 58.4 Å². The minimum Gasteiger partial charge on any atom is -0.478 e. The van der Waals surface area contributed by atoms with Crippen LogP contribution in [-0.2, 0) is 14.4 Å². The zero-order chi connectivity index (χ0) is 25.5. The molecule has 0 saturated carbocycles. The van der Waals surface area contributed by atoms with Crippen molar-refractivity contribution in [3.8, 4) is 0 Å². The van der Waals surface area contributed by atoms with E-state index < -0.39 is 11.9 Å². The lowest BCUT2D eigenvalue weighted by atomic mass is 9.79. The zero-order valence-electron chi connectivity index (χ0n) is 22.3. The number of piperidine rings is 1. The molecule has 33 heavy (non-hydrogen) atoms. The number of amides is 2. The van der Waals surface area contributed by atoms with Crippen molar-refractivity contribution in [1.82, 2.24) is 15.1 Å². The number of rotatable bonds is 10. The molecule has 0 bridgehead atoms. The van der Waals surface area contributed by atoms with Crippen molar-refractivity contribution in [3.63, 3.8) is 0 Å². The van der Waals surface area contributed by atoms with Crippen LogP contribution in [0.25, 0.3) is 0 Å². The van der Waals surface area contributed by atoms with Gasteiger partial charge < -0.3 is 15.3 Å². The number of carbonyl (C=O) groups is 3. The first-order chi connectivity index (χ1) is 15.2. The molecule has 1 saturated heterocycles. The van der Waals surface area contributed by atoms with Crippen LogP contribution in [0.4, 0.5) is 0 Å². The van der Waals surface area contributed by atoms with E-state index in [1.54, 1.807) is 17.9 Å². The summed E-state index contributed by atoms with van der Waals surface area (Å²) < 4.78 is 0. The highest BCUT2D eigenvalue weighted by Crippen LogP contribution is 2.30. The number of aliphatic carboxylic acids is 1. The van der Waals surface area contributed by atoms with Gasteiger partial charge in [-0.3, -0.25) is 14.5 Å². The van der Waals surface area contributed by atoms with Crippen LogP contribution in [0.5, 0.6) is 0 Å². The number of hydrogen-bond donors (Lipinski definition) is 2. The molecule has 1 aliphatic heterocycles. The van der Waals surface area contributed by atoms with E-state index in [0.29, 0.717) is 12.6 Å². The number of carboxylic acid groups (broad SMARTS) is 1. The van der Waals surface area contributed by atoms with Crippen molar-refractivity contribution in [1.29, 1.82) is 0 Å². The van der Waals surface area contributed by atoms with E-state index in [2.05, 4.69) is 24.1 Å². The molecule has 0 aromatic rings. The molecule has 0 aromatic carbocycles. The van der Waals surface area contributed by atoms with Gasteiger partial charge in [-0.15, -0.1) is 0 Å². The van der Waals surface area contributed by atoms with Crippen molar-refractivity contribution >= 4 is 17.8 Å². The van der Waals surface area contributed by atoms with Gasteiger partial charge in [-0.2, -0.15) is 0 Å². The van der Waals surface area contributed by atoms with Gasteiger partial charge in [0.2, 0.25) is 11.8 Å². The maximum Gasteiger partial charge on any atom is 0.331 e. The Hall–Kier alpha value is -1.89. The lowest BCUT2D eigenvalue weighted by Gasteiger charge is -2.40. The van der Waals surface area contributed by atoms with Gasteiger partial charge in [0.05, 0.1) is 18.0 Å². The Labute approximate surface area is 201 Å². The third-order valence-electron chi connectivity index (χ3n) is 6.76. The SMILES string of the molecule is CCN(C(=O)C(CNC(=O)C1CCCCN1C(C)C)C(C)(C)C)[C@H](/C=C(\C)C(=O)O)C(C)C. The van der Waals surface area contributed by atoms with Crippen molar-refractivity contribution in [2.75, 3.05) is 19.6 Å². The number of likely N-dealkylation sites (N-methyl/N-ethyl adjacent to an activating group) is 1. The van der Waals surface area contributed by atoms with Crippen molar-refractivity contribution in [2.24, 2.45) is 17.3 Å². The number of carboxylic acids is 1. The second kappa shape index (κ2) is 12.5. The van der Waals surface area contributed by atoms with E-state index in [0.717, 1.165) is 25.8 Å². The molecule has 1 rings (SSSR count). The molecule has 7 heteroatoms. The maximum atomic E-state index is 13.8. The van der Waals surface area contributed by atoms with Crippen LogP contribution >= 0.6 is 0 Å². The highest BCUT2D eigenvalue weighted by molar-refractivity contribution is 5.87. The second-order valence-electron chi connectivity index (χ2n) is 11.0. The van der Waals surface area contributed by atoms with E-state index in [-0.39, 0.29) is 47.3 Å². The lowest BCUT2D eigenvalue weighted by molar-refractivity contribution is -0.142. The highest BCUT2D eigenvalue weighted by Gasteiger charge is 2.38. The van der Waals surface area contributed by atoms with Gasteiger partial charge in [0.1, 0.15) is 0 Å². The predicted molar refractivity (Wildman–Crippen MR) is 133 cm³/mol. The van der Waals surface area contributed by atoms with Crippen LogP contribution < -0.4 is 5.32 Å². The summed E-state index contributed by atoms with van der Waals surface area (Å²) in [5, 5.41) is 12.4. The summed E-state index contributed by atoms with van der Waals surface area (Å²) in [7, 11) is 0. The molecule has 7 nitrogen and oxygen atoms in total. The van der Waals surface area contributed by atoms with Gasteiger partial charge in [0.25, 0.3) is 0 Å². The molecular weight excluding hydrogens is 418 g/mol. The molecule has 2 amide bonds. The van der Waals surface area contributed by atoms with Crippen molar-refractivity contribution in [3.05, 3.63) is 11.6 Å². The standard InChI is InChI=1S/C26H47N3O4/c1-10-28(22(17(2)3)15-19(6)25(32)33)24(31)20(26(7,8)9)16-27-23(30)21-13-11-12-14-29(21)18(4)5/h15,17-18,20-22H,10-14,16H2,1-9H3,(H,27,30)(H,32,33)/b19-15+/t20?,21?,22-/m1/s1. The highest BCUT2D eigenvalue weighted by atomic mass is 16.4. The first kappa shape index (κ1) is 29.1. The Morgan fingerprint density at radius 3 is 2.21 bits per heavy atom. The van der Waals surface area contributed by atoms with Gasteiger partial charge in [-0.25, -0.2) is 4.79 Å². The minimum absolute atomic E-state index is 0.00414. The molecule has 0 spiro atoms. The number of likely N-dealkylation sites (tertiary alicyclic amines) is 1. The molecular formula is C26H47N3O4. The second-order valence-corrected chi connectivity index (χ2v) is 11.0. The van der Waals surface area contributed by atoms with Crippen LogP contribution in [-0.4, -0.2) is 70.4 Å².